The summed E-state index contributed by atoms with van der Waals surface area (Å²) in [6.07, 6.45) is 3.73. The summed E-state index contributed by atoms with van der Waals surface area (Å²) in [5.74, 6) is -3.99. The number of benzene rings is 4. The standard InChI is InChI=1S/C34H23FN2O5/c35-23-13-15-24(16-14-23)36-32(39)28-27-19-12-20-6-4-5-9-26(20)37(27)30(29(28)33(36)40)34(41)42-25-17-10-22(11-18-25)31(38)21-7-2-1-3-8-21/h1-19,27-30H/t27-,28+,29-,30+/m1/s1. The molecule has 42 heavy (non-hydrogen) atoms. The van der Waals surface area contributed by atoms with Gasteiger partial charge in [0.1, 0.15) is 17.6 Å². The Kier molecular flexibility index (Phi) is 6.04. The molecule has 2 amide bonds. The van der Waals surface area contributed by atoms with Gasteiger partial charge in [-0.15, -0.1) is 0 Å². The van der Waals surface area contributed by atoms with Crippen LogP contribution in [0.2, 0.25) is 0 Å². The number of carbonyl (C=O) groups excluding carboxylic acids is 4. The number of hydrogen-bond acceptors (Lipinski definition) is 6. The third-order valence-electron chi connectivity index (χ3n) is 8.11. The van der Waals surface area contributed by atoms with Crippen LogP contribution >= 0.6 is 0 Å². The van der Waals surface area contributed by atoms with Crippen LogP contribution in [-0.4, -0.2) is 35.7 Å². The Balaban J connectivity index is 1.22. The molecule has 0 aliphatic carbocycles. The molecule has 8 heteroatoms. The first-order valence-corrected chi connectivity index (χ1v) is 13.5. The number of carbonyl (C=O) groups is 4. The van der Waals surface area contributed by atoms with Crippen molar-refractivity contribution in [3.63, 3.8) is 0 Å². The lowest BCUT2D eigenvalue weighted by atomic mass is 9.89. The minimum Gasteiger partial charge on any atom is -0.425 e. The van der Waals surface area contributed by atoms with E-state index in [-0.39, 0.29) is 17.2 Å². The van der Waals surface area contributed by atoms with Crippen molar-refractivity contribution in [3.8, 4) is 5.75 Å². The fraction of sp³-hybridized carbons (Fsp3) is 0.118. The molecule has 7 nitrogen and oxygen atoms in total. The molecule has 4 aromatic carbocycles. The number of imide groups is 1. The van der Waals surface area contributed by atoms with Crippen LogP contribution in [0, 0.1) is 17.7 Å². The smallest absolute Gasteiger partial charge is 0.335 e. The second-order valence-corrected chi connectivity index (χ2v) is 10.4. The van der Waals surface area contributed by atoms with Gasteiger partial charge in [-0.3, -0.25) is 14.4 Å². The predicted octanol–water partition coefficient (Wildman–Crippen LogP) is 5.05. The number of hydrogen-bond donors (Lipinski definition) is 0. The molecule has 0 N–H and O–H groups in total. The number of para-hydroxylation sites is 1. The molecule has 0 radical (unpaired) electrons. The van der Waals surface area contributed by atoms with Gasteiger partial charge in [0, 0.05) is 16.8 Å². The lowest BCUT2D eigenvalue weighted by molar-refractivity contribution is -0.139. The summed E-state index contributed by atoms with van der Waals surface area (Å²) in [7, 11) is 0. The van der Waals surface area contributed by atoms with Crippen LogP contribution in [0.3, 0.4) is 0 Å². The second-order valence-electron chi connectivity index (χ2n) is 10.4. The maximum Gasteiger partial charge on any atom is 0.335 e. The van der Waals surface area contributed by atoms with E-state index in [1.165, 1.54) is 36.4 Å². The lowest BCUT2D eigenvalue weighted by Crippen LogP contribution is -2.50. The fourth-order valence-electron chi connectivity index (χ4n) is 6.24. The molecular formula is C34H23FN2O5. The maximum atomic E-state index is 13.9. The van der Waals surface area contributed by atoms with Gasteiger partial charge >= 0.3 is 5.97 Å². The number of ketones is 1. The van der Waals surface area contributed by atoms with Gasteiger partial charge in [0.2, 0.25) is 11.8 Å². The largest absolute Gasteiger partial charge is 0.425 e. The van der Waals surface area contributed by atoms with Gasteiger partial charge in [0.05, 0.1) is 23.6 Å². The van der Waals surface area contributed by atoms with E-state index >= 15 is 0 Å². The van der Waals surface area contributed by atoms with Crippen LogP contribution in [0.25, 0.3) is 6.08 Å². The highest BCUT2D eigenvalue weighted by atomic mass is 19.1. The molecule has 3 aliphatic heterocycles. The van der Waals surface area contributed by atoms with E-state index in [0.29, 0.717) is 11.1 Å². The van der Waals surface area contributed by atoms with Crippen molar-refractivity contribution in [2.45, 2.75) is 12.1 Å². The Hall–Kier alpha value is -5.37. The van der Waals surface area contributed by atoms with E-state index in [0.717, 1.165) is 16.2 Å². The summed E-state index contributed by atoms with van der Waals surface area (Å²) >= 11 is 0. The van der Waals surface area contributed by atoms with Crippen LogP contribution < -0.4 is 14.5 Å². The van der Waals surface area contributed by atoms with Crippen molar-refractivity contribution < 1.29 is 28.3 Å². The lowest BCUT2D eigenvalue weighted by Gasteiger charge is -2.36. The topological polar surface area (TPSA) is 84.0 Å². The summed E-state index contributed by atoms with van der Waals surface area (Å²) in [5.41, 5.74) is 2.80. The van der Waals surface area contributed by atoms with Crippen molar-refractivity contribution in [3.05, 3.63) is 132 Å². The Morgan fingerprint density at radius 2 is 1.36 bits per heavy atom. The summed E-state index contributed by atoms with van der Waals surface area (Å²) in [6.45, 7) is 0. The van der Waals surface area contributed by atoms with Gasteiger partial charge in [0.25, 0.3) is 0 Å². The van der Waals surface area contributed by atoms with Crippen molar-refractivity contribution in [2.24, 2.45) is 11.8 Å². The van der Waals surface area contributed by atoms with Crippen LogP contribution in [0.1, 0.15) is 21.5 Å². The number of halogens is 1. The Bertz CT molecular complexity index is 1770. The fourth-order valence-corrected chi connectivity index (χ4v) is 6.24. The zero-order valence-corrected chi connectivity index (χ0v) is 22.1. The highest BCUT2D eigenvalue weighted by Gasteiger charge is 2.65. The molecule has 3 heterocycles. The van der Waals surface area contributed by atoms with Crippen molar-refractivity contribution >= 4 is 41.0 Å². The van der Waals surface area contributed by atoms with Crippen molar-refractivity contribution in [2.75, 3.05) is 9.80 Å². The van der Waals surface area contributed by atoms with Crippen molar-refractivity contribution in [1.82, 2.24) is 0 Å². The predicted molar refractivity (Wildman–Crippen MR) is 153 cm³/mol. The van der Waals surface area contributed by atoms with Gasteiger partial charge < -0.3 is 9.64 Å². The maximum absolute atomic E-state index is 13.9. The van der Waals surface area contributed by atoms with Gasteiger partial charge in [0.15, 0.2) is 5.78 Å². The van der Waals surface area contributed by atoms with Crippen LogP contribution in [0.4, 0.5) is 15.8 Å². The molecule has 2 saturated heterocycles. The van der Waals surface area contributed by atoms with E-state index in [1.54, 1.807) is 41.3 Å². The van der Waals surface area contributed by atoms with Gasteiger partial charge in [-0.1, -0.05) is 60.7 Å². The van der Waals surface area contributed by atoms with E-state index in [9.17, 15) is 23.6 Å². The Morgan fingerprint density at radius 3 is 2.10 bits per heavy atom. The molecule has 2 fully saturated rings. The molecule has 206 valence electrons. The first kappa shape index (κ1) is 25.6. The van der Waals surface area contributed by atoms with E-state index < -0.39 is 47.5 Å². The molecule has 0 unspecified atom stereocenters. The minimum absolute atomic E-state index is 0.164. The number of rotatable bonds is 5. The number of anilines is 2. The summed E-state index contributed by atoms with van der Waals surface area (Å²) in [6, 6.07) is 26.0. The molecule has 3 aliphatic rings. The number of esters is 1. The molecule has 4 aromatic rings. The molecule has 7 rings (SSSR count). The van der Waals surface area contributed by atoms with E-state index in [1.807, 2.05) is 42.5 Å². The summed E-state index contributed by atoms with van der Waals surface area (Å²) in [4.78, 5) is 57.2. The number of ether oxygens (including phenoxy) is 1. The molecule has 0 aromatic heterocycles. The third kappa shape index (κ3) is 4.03. The minimum atomic E-state index is -1.10. The van der Waals surface area contributed by atoms with Crippen LogP contribution in [0.5, 0.6) is 5.75 Å². The SMILES string of the molecule is O=C(c1ccccc1)c1ccc(OC(=O)[C@@H]2[C@@H]3C(=O)N(c4ccc(F)cc4)C(=O)[C@H]3[C@H]3C=Cc4ccccc4N32)cc1. The first-order chi connectivity index (χ1) is 20.4. The number of amides is 2. The highest BCUT2D eigenvalue weighted by Crippen LogP contribution is 2.49. The average Bonchev–Trinajstić information content (AvgIpc) is 3.50. The molecule has 0 bridgehead atoms. The Morgan fingerprint density at radius 1 is 0.714 bits per heavy atom. The van der Waals surface area contributed by atoms with Gasteiger partial charge in [-0.25, -0.2) is 14.1 Å². The third-order valence-corrected chi connectivity index (χ3v) is 8.11. The molecule has 4 atom stereocenters. The van der Waals surface area contributed by atoms with Crippen LogP contribution in [0.15, 0.2) is 109 Å². The normalized spacial score (nSPS) is 22.0. The first-order valence-electron chi connectivity index (χ1n) is 13.5. The molecule has 0 spiro atoms. The zero-order valence-electron chi connectivity index (χ0n) is 22.1. The zero-order chi connectivity index (χ0) is 29.0. The second kappa shape index (κ2) is 9.92. The monoisotopic (exact) mass is 558 g/mol. The van der Waals surface area contributed by atoms with E-state index in [2.05, 4.69) is 0 Å². The molecule has 0 saturated carbocycles. The summed E-state index contributed by atoms with van der Waals surface area (Å²) in [5, 5.41) is 0. The number of nitrogens with zero attached hydrogens (tertiary/aromatic N) is 2. The highest BCUT2D eigenvalue weighted by molar-refractivity contribution is 6.24. The van der Waals surface area contributed by atoms with Gasteiger partial charge in [-0.05, 0) is 60.2 Å². The average molecular weight is 559 g/mol. The Labute approximate surface area is 240 Å². The number of fused-ring (bicyclic) bond motifs is 5. The van der Waals surface area contributed by atoms with Crippen LogP contribution in [-0.2, 0) is 14.4 Å². The quantitative estimate of drug-likeness (QED) is 0.148. The summed E-state index contributed by atoms with van der Waals surface area (Å²) < 4.78 is 19.4. The van der Waals surface area contributed by atoms with E-state index in [4.69, 9.17) is 4.74 Å². The van der Waals surface area contributed by atoms with Gasteiger partial charge in [-0.2, -0.15) is 0 Å². The van der Waals surface area contributed by atoms with Crippen molar-refractivity contribution in [1.29, 1.82) is 0 Å². The molecular weight excluding hydrogens is 535 g/mol.